The highest BCUT2D eigenvalue weighted by molar-refractivity contribution is 5.91. The van der Waals surface area contributed by atoms with Gasteiger partial charge in [0.1, 0.15) is 0 Å². The normalized spacial score (nSPS) is 12.2. The van der Waals surface area contributed by atoms with Crippen LogP contribution in [0.1, 0.15) is 25.0 Å². The Morgan fingerprint density at radius 1 is 1.44 bits per heavy atom. The monoisotopic (exact) mass is 222 g/mol. The predicted octanol–water partition coefficient (Wildman–Crippen LogP) is 1.29. The summed E-state index contributed by atoms with van der Waals surface area (Å²) in [4.78, 5) is 11.5. The van der Waals surface area contributed by atoms with Crippen LogP contribution < -0.4 is 10.6 Å². The lowest BCUT2D eigenvalue weighted by Crippen LogP contribution is -2.19. The number of amides is 1. The molecule has 88 valence electrons. The number of rotatable bonds is 5. The molecule has 0 bridgehead atoms. The van der Waals surface area contributed by atoms with Gasteiger partial charge in [0.05, 0.1) is 6.10 Å². The Labute approximate surface area is 95.7 Å². The van der Waals surface area contributed by atoms with Gasteiger partial charge in [0.25, 0.3) is 0 Å². The molecule has 1 aromatic rings. The maximum atomic E-state index is 11.5. The van der Waals surface area contributed by atoms with Gasteiger partial charge in [-0.15, -0.1) is 0 Å². The van der Waals surface area contributed by atoms with Crippen LogP contribution in [0.5, 0.6) is 0 Å². The van der Waals surface area contributed by atoms with Gasteiger partial charge in [-0.1, -0.05) is 18.2 Å². The molecule has 0 saturated carbocycles. The van der Waals surface area contributed by atoms with Gasteiger partial charge in [-0.3, -0.25) is 4.79 Å². The van der Waals surface area contributed by atoms with Crippen LogP contribution in [0.2, 0.25) is 0 Å². The first kappa shape index (κ1) is 12.7. The fraction of sp³-hybridized carbons (Fsp3) is 0.417. The van der Waals surface area contributed by atoms with Gasteiger partial charge < -0.3 is 15.7 Å². The van der Waals surface area contributed by atoms with E-state index >= 15 is 0 Å². The topological polar surface area (TPSA) is 61.4 Å². The summed E-state index contributed by atoms with van der Waals surface area (Å²) in [6.07, 6.45) is -0.161. The van der Waals surface area contributed by atoms with Crippen molar-refractivity contribution in [1.29, 1.82) is 0 Å². The highest BCUT2D eigenvalue weighted by Crippen LogP contribution is 2.22. The number of aliphatic hydroxyl groups excluding tert-OH is 1. The van der Waals surface area contributed by atoms with Crippen molar-refractivity contribution in [3.8, 4) is 0 Å². The summed E-state index contributed by atoms with van der Waals surface area (Å²) in [5, 5.41) is 15.2. The van der Waals surface area contributed by atoms with E-state index in [-0.39, 0.29) is 5.91 Å². The van der Waals surface area contributed by atoms with E-state index in [0.29, 0.717) is 18.7 Å². The number of hydrogen-bond acceptors (Lipinski definition) is 3. The van der Waals surface area contributed by atoms with E-state index < -0.39 is 6.10 Å². The molecule has 0 spiro atoms. The first-order valence-electron chi connectivity index (χ1n) is 5.36. The third kappa shape index (κ3) is 3.64. The van der Waals surface area contributed by atoms with E-state index in [9.17, 15) is 9.90 Å². The van der Waals surface area contributed by atoms with Gasteiger partial charge in [0.15, 0.2) is 0 Å². The fourth-order valence-corrected chi connectivity index (χ4v) is 1.43. The minimum Gasteiger partial charge on any atom is -0.389 e. The zero-order valence-electron chi connectivity index (χ0n) is 9.66. The van der Waals surface area contributed by atoms with Gasteiger partial charge in [-0.2, -0.15) is 0 Å². The third-order valence-electron chi connectivity index (χ3n) is 2.29. The van der Waals surface area contributed by atoms with Crippen LogP contribution in [0.25, 0.3) is 0 Å². The standard InChI is InChI=1S/C12H18N2O2/c1-9(15)10-5-3-4-6-11(10)14-12(16)7-8-13-2/h3-6,9,13,15H,7-8H2,1-2H3,(H,14,16). The SMILES string of the molecule is CNCCC(=O)Nc1ccccc1C(C)O. The van der Waals surface area contributed by atoms with Crippen molar-refractivity contribution in [2.75, 3.05) is 18.9 Å². The van der Waals surface area contributed by atoms with Crippen molar-refractivity contribution in [2.45, 2.75) is 19.4 Å². The third-order valence-corrected chi connectivity index (χ3v) is 2.29. The summed E-state index contributed by atoms with van der Waals surface area (Å²) in [6.45, 7) is 2.32. The number of carbonyl (C=O) groups is 1. The molecule has 0 saturated heterocycles. The van der Waals surface area contributed by atoms with Crippen molar-refractivity contribution in [2.24, 2.45) is 0 Å². The van der Waals surface area contributed by atoms with E-state index in [2.05, 4.69) is 10.6 Å². The summed E-state index contributed by atoms with van der Waals surface area (Å²) < 4.78 is 0. The summed E-state index contributed by atoms with van der Waals surface area (Å²) in [5.74, 6) is -0.0533. The molecule has 0 radical (unpaired) electrons. The number of aliphatic hydroxyl groups is 1. The Kier molecular flexibility index (Phi) is 4.95. The Hall–Kier alpha value is -1.39. The molecule has 1 amide bonds. The average Bonchev–Trinajstić information content (AvgIpc) is 2.27. The first-order chi connectivity index (χ1) is 7.65. The molecule has 0 heterocycles. The highest BCUT2D eigenvalue weighted by Gasteiger charge is 2.09. The highest BCUT2D eigenvalue weighted by atomic mass is 16.3. The molecule has 0 aliphatic rings. The molecule has 1 atom stereocenters. The minimum atomic E-state index is -0.583. The maximum absolute atomic E-state index is 11.5. The molecular formula is C12H18N2O2. The van der Waals surface area contributed by atoms with E-state index in [4.69, 9.17) is 0 Å². The second-order valence-corrected chi connectivity index (χ2v) is 3.66. The second-order valence-electron chi connectivity index (χ2n) is 3.66. The lowest BCUT2D eigenvalue weighted by molar-refractivity contribution is -0.116. The maximum Gasteiger partial charge on any atom is 0.225 e. The summed E-state index contributed by atoms with van der Waals surface area (Å²) in [6, 6.07) is 7.27. The van der Waals surface area contributed by atoms with Gasteiger partial charge in [0.2, 0.25) is 5.91 Å². The van der Waals surface area contributed by atoms with E-state index in [0.717, 1.165) is 5.56 Å². The fourth-order valence-electron chi connectivity index (χ4n) is 1.43. The lowest BCUT2D eigenvalue weighted by Gasteiger charge is -2.12. The van der Waals surface area contributed by atoms with Crippen molar-refractivity contribution >= 4 is 11.6 Å². The van der Waals surface area contributed by atoms with E-state index in [1.807, 2.05) is 12.1 Å². The minimum absolute atomic E-state index is 0.0533. The molecule has 0 aliphatic carbocycles. The van der Waals surface area contributed by atoms with Crippen molar-refractivity contribution in [3.63, 3.8) is 0 Å². The van der Waals surface area contributed by atoms with Crippen molar-refractivity contribution < 1.29 is 9.90 Å². The van der Waals surface area contributed by atoms with Crippen LogP contribution in [0.4, 0.5) is 5.69 Å². The van der Waals surface area contributed by atoms with Crippen LogP contribution in [-0.2, 0) is 4.79 Å². The molecule has 4 heteroatoms. The first-order valence-corrected chi connectivity index (χ1v) is 5.36. The van der Waals surface area contributed by atoms with E-state index in [1.54, 1.807) is 26.1 Å². The number of carbonyl (C=O) groups excluding carboxylic acids is 1. The lowest BCUT2D eigenvalue weighted by atomic mass is 10.1. The molecule has 0 aromatic heterocycles. The molecule has 1 aromatic carbocycles. The van der Waals surface area contributed by atoms with Crippen molar-refractivity contribution in [3.05, 3.63) is 29.8 Å². The number of benzene rings is 1. The molecule has 16 heavy (non-hydrogen) atoms. The van der Waals surface area contributed by atoms with Gasteiger partial charge in [0, 0.05) is 24.2 Å². The molecular weight excluding hydrogens is 204 g/mol. The van der Waals surface area contributed by atoms with Gasteiger partial charge in [-0.25, -0.2) is 0 Å². The van der Waals surface area contributed by atoms with Crippen LogP contribution >= 0.6 is 0 Å². The summed E-state index contributed by atoms with van der Waals surface area (Å²) in [7, 11) is 1.80. The molecule has 1 rings (SSSR count). The zero-order chi connectivity index (χ0) is 12.0. The van der Waals surface area contributed by atoms with Crippen LogP contribution in [0.3, 0.4) is 0 Å². The summed E-state index contributed by atoms with van der Waals surface area (Å²) >= 11 is 0. The number of anilines is 1. The molecule has 1 unspecified atom stereocenters. The Bertz CT molecular complexity index is 351. The zero-order valence-corrected chi connectivity index (χ0v) is 9.66. The van der Waals surface area contributed by atoms with Crippen LogP contribution in [0, 0.1) is 0 Å². The average molecular weight is 222 g/mol. The molecule has 4 nitrogen and oxygen atoms in total. The van der Waals surface area contributed by atoms with Crippen LogP contribution in [0.15, 0.2) is 24.3 Å². The second kappa shape index (κ2) is 6.25. The molecule has 0 fully saturated rings. The van der Waals surface area contributed by atoms with Crippen molar-refractivity contribution in [1.82, 2.24) is 5.32 Å². The van der Waals surface area contributed by atoms with Gasteiger partial charge >= 0.3 is 0 Å². The quantitative estimate of drug-likeness (QED) is 0.703. The Balaban J connectivity index is 2.69. The van der Waals surface area contributed by atoms with Gasteiger partial charge in [-0.05, 0) is 20.0 Å². The van der Waals surface area contributed by atoms with Crippen LogP contribution in [-0.4, -0.2) is 24.6 Å². The molecule has 3 N–H and O–H groups in total. The smallest absolute Gasteiger partial charge is 0.225 e. The Morgan fingerprint density at radius 2 is 2.12 bits per heavy atom. The Morgan fingerprint density at radius 3 is 2.75 bits per heavy atom. The predicted molar refractivity (Wildman–Crippen MR) is 64.2 cm³/mol. The number of para-hydroxylation sites is 1. The number of hydrogen-bond donors (Lipinski definition) is 3. The molecule has 0 aliphatic heterocycles. The van der Waals surface area contributed by atoms with E-state index in [1.165, 1.54) is 0 Å². The largest absolute Gasteiger partial charge is 0.389 e. The number of nitrogens with one attached hydrogen (secondary N) is 2. The summed E-state index contributed by atoms with van der Waals surface area (Å²) in [5.41, 5.74) is 1.42.